The van der Waals surface area contributed by atoms with Crippen LogP contribution in [-0.4, -0.2) is 21.5 Å². The highest BCUT2D eigenvalue weighted by atomic mass is 16.2. The summed E-state index contributed by atoms with van der Waals surface area (Å²) in [6.07, 6.45) is 0. The molecule has 4 aromatic rings. The van der Waals surface area contributed by atoms with Gasteiger partial charge in [0.2, 0.25) is 5.91 Å². The Morgan fingerprint density at radius 3 is 2.22 bits per heavy atom. The molecule has 4 rings (SSSR count). The van der Waals surface area contributed by atoms with E-state index < -0.39 is 0 Å². The molecule has 0 bridgehead atoms. The van der Waals surface area contributed by atoms with E-state index in [-0.39, 0.29) is 30.2 Å². The average Bonchev–Trinajstić information content (AvgIpc) is 3.09. The van der Waals surface area contributed by atoms with Gasteiger partial charge in [-0.3, -0.25) is 9.36 Å². The Morgan fingerprint density at radius 2 is 1.50 bits per heavy atom. The number of urea groups is 1. The van der Waals surface area contributed by atoms with Gasteiger partial charge in [0, 0.05) is 11.4 Å². The van der Waals surface area contributed by atoms with Crippen LogP contribution in [0.3, 0.4) is 0 Å². The first-order chi connectivity index (χ1) is 15.5. The number of fused-ring (bicyclic) bond motifs is 1. The van der Waals surface area contributed by atoms with Crippen molar-refractivity contribution < 1.29 is 9.59 Å². The molecule has 0 spiro atoms. The minimum absolute atomic E-state index is 0.0769. The Labute approximate surface area is 184 Å². The number of benzene rings is 3. The molecule has 1 atom stereocenters. The number of nitrogens with zero attached hydrogens (tertiary/aromatic N) is 1. The molecular formula is C24H23N5O3. The second-order valence-electron chi connectivity index (χ2n) is 7.39. The maximum Gasteiger partial charge on any atom is 0.326 e. The van der Waals surface area contributed by atoms with Crippen LogP contribution in [0.2, 0.25) is 0 Å². The van der Waals surface area contributed by atoms with E-state index in [1.165, 1.54) is 4.57 Å². The van der Waals surface area contributed by atoms with Crippen molar-refractivity contribution in [1.82, 2.24) is 14.9 Å². The smallest absolute Gasteiger partial charge is 0.326 e. The highest BCUT2D eigenvalue weighted by Gasteiger charge is 2.14. The van der Waals surface area contributed by atoms with Gasteiger partial charge in [-0.1, -0.05) is 42.5 Å². The summed E-state index contributed by atoms with van der Waals surface area (Å²) in [5, 5.41) is 8.43. The Morgan fingerprint density at radius 1 is 0.875 bits per heavy atom. The Kier molecular flexibility index (Phi) is 6.03. The molecule has 1 aromatic heterocycles. The SMILES string of the molecule is CC(NC(=O)Cn1c(=O)[nH]c2ccccc21)c1ccc(NC(=O)Nc2ccccc2)cc1. The predicted molar refractivity (Wildman–Crippen MR) is 125 cm³/mol. The summed E-state index contributed by atoms with van der Waals surface area (Å²) in [5.41, 5.74) is 3.26. The third-order valence-corrected chi connectivity index (χ3v) is 5.06. The van der Waals surface area contributed by atoms with Crippen LogP contribution in [0.25, 0.3) is 11.0 Å². The molecule has 0 saturated heterocycles. The quantitative estimate of drug-likeness (QED) is 0.374. The fourth-order valence-electron chi connectivity index (χ4n) is 3.45. The van der Waals surface area contributed by atoms with Crippen LogP contribution in [0.5, 0.6) is 0 Å². The van der Waals surface area contributed by atoms with Crippen molar-refractivity contribution in [3.63, 3.8) is 0 Å². The molecule has 0 radical (unpaired) electrons. The molecule has 4 N–H and O–H groups in total. The molecule has 0 fully saturated rings. The molecule has 0 saturated carbocycles. The second kappa shape index (κ2) is 9.22. The fraction of sp³-hybridized carbons (Fsp3) is 0.125. The average molecular weight is 429 g/mol. The minimum atomic E-state index is -0.338. The van der Waals surface area contributed by atoms with Gasteiger partial charge in [-0.05, 0) is 48.9 Å². The van der Waals surface area contributed by atoms with Crippen LogP contribution >= 0.6 is 0 Å². The maximum absolute atomic E-state index is 12.5. The number of aromatic amines is 1. The number of carbonyl (C=O) groups is 2. The lowest BCUT2D eigenvalue weighted by atomic mass is 10.1. The number of amides is 3. The number of imidazole rings is 1. The topological polar surface area (TPSA) is 108 Å². The summed E-state index contributed by atoms with van der Waals surface area (Å²) in [4.78, 5) is 39.5. The monoisotopic (exact) mass is 429 g/mol. The fourth-order valence-corrected chi connectivity index (χ4v) is 3.45. The maximum atomic E-state index is 12.5. The van der Waals surface area contributed by atoms with E-state index in [1.807, 2.05) is 49.4 Å². The molecule has 0 aliphatic carbocycles. The number of H-pyrrole nitrogens is 1. The Hall–Kier alpha value is -4.33. The van der Waals surface area contributed by atoms with Gasteiger partial charge in [-0.25, -0.2) is 9.59 Å². The van der Waals surface area contributed by atoms with Gasteiger partial charge in [-0.15, -0.1) is 0 Å². The molecule has 1 heterocycles. The molecule has 162 valence electrons. The van der Waals surface area contributed by atoms with Crippen LogP contribution in [-0.2, 0) is 11.3 Å². The summed E-state index contributed by atoms with van der Waals surface area (Å²) in [5.74, 6) is -0.270. The van der Waals surface area contributed by atoms with E-state index in [0.29, 0.717) is 22.4 Å². The molecule has 8 heteroatoms. The first kappa shape index (κ1) is 20.9. The molecule has 1 unspecified atom stereocenters. The lowest BCUT2D eigenvalue weighted by Gasteiger charge is -2.15. The van der Waals surface area contributed by atoms with Crippen molar-refractivity contribution in [3.8, 4) is 0 Å². The van der Waals surface area contributed by atoms with Gasteiger partial charge in [0.1, 0.15) is 6.54 Å². The van der Waals surface area contributed by atoms with Crippen LogP contribution in [0.15, 0.2) is 83.7 Å². The number of carbonyl (C=O) groups excluding carboxylic acids is 2. The second-order valence-corrected chi connectivity index (χ2v) is 7.39. The van der Waals surface area contributed by atoms with Crippen molar-refractivity contribution >= 4 is 34.3 Å². The van der Waals surface area contributed by atoms with Crippen molar-refractivity contribution in [2.24, 2.45) is 0 Å². The summed E-state index contributed by atoms with van der Waals surface area (Å²) in [6.45, 7) is 1.78. The van der Waals surface area contributed by atoms with Crippen LogP contribution in [0, 0.1) is 0 Å². The van der Waals surface area contributed by atoms with Gasteiger partial charge in [0.15, 0.2) is 0 Å². The van der Waals surface area contributed by atoms with Crippen molar-refractivity contribution in [2.45, 2.75) is 19.5 Å². The van der Waals surface area contributed by atoms with Gasteiger partial charge < -0.3 is 20.9 Å². The van der Waals surface area contributed by atoms with E-state index in [2.05, 4.69) is 20.9 Å². The van der Waals surface area contributed by atoms with Crippen molar-refractivity contribution in [3.05, 3.63) is 94.9 Å². The Bertz CT molecular complexity index is 1290. The van der Waals surface area contributed by atoms with E-state index in [1.54, 1.807) is 36.4 Å². The predicted octanol–water partition coefficient (Wildman–Crippen LogP) is 3.85. The molecule has 32 heavy (non-hydrogen) atoms. The van der Waals surface area contributed by atoms with Gasteiger partial charge in [0.05, 0.1) is 17.1 Å². The summed E-state index contributed by atoms with van der Waals surface area (Å²) in [7, 11) is 0. The summed E-state index contributed by atoms with van der Waals surface area (Å²) >= 11 is 0. The number of hydrogen-bond acceptors (Lipinski definition) is 3. The van der Waals surface area contributed by atoms with Crippen LogP contribution in [0.4, 0.5) is 16.2 Å². The largest absolute Gasteiger partial charge is 0.348 e. The van der Waals surface area contributed by atoms with Crippen LogP contribution < -0.4 is 21.6 Å². The zero-order valence-electron chi connectivity index (χ0n) is 17.5. The summed E-state index contributed by atoms with van der Waals surface area (Å²) < 4.78 is 1.41. The van der Waals surface area contributed by atoms with Crippen LogP contribution in [0.1, 0.15) is 18.5 Å². The normalized spacial score (nSPS) is 11.7. The minimum Gasteiger partial charge on any atom is -0.348 e. The molecule has 0 aliphatic heterocycles. The highest BCUT2D eigenvalue weighted by Crippen LogP contribution is 2.17. The first-order valence-corrected chi connectivity index (χ1v) is 10.2. The van der Waals surface area contributed by atoms with Crippen molar-refractivity contribution in [2.75, 3.05) is 10.6 Å². The molecule has 3 amide bonds. The number of anilines is 2. The number of hydrogen-bond donors (Lipinski definition) is 4. The van der Waals surface area contributed by atoms with E-state index in [4.69, 9.17) is 0 Å². The third-order valence-electron chi connectivity index (χ3n) is 5.06. The lowest BCUT2D eigenvalue weighted by molar-refractivity contribution is -0.122. The van der Waals surface area contributed by atoms with E-state index in [0.717, 1.165) is 5.56 Å². The zero-order chi connectivity index (χ0) is 22.5. The number of para-hydroxylation sites is 3. The Balaban J connectivity index is 1.34. The van der Waals surface area contributed by atoms with Crippen molar-refractivity contribution in [1.29, 1.82) is 0 Å². The van der Waals surface area contributed by atoms with Gasteiger partial charge in [-0.2, -0.15) is 0 Å². The number of aromatic nitrogens is 2. The highest BCUT2D eigenvalue weighted by molar-refractivity contribution is 5.99. The molecule has 3 aromatic carbocycles. The zero-order valence-corrected chi connectivity index (χ0v) is 17.5. The standard InChI is InChI=1S/C24H23N5O3/c1-16(25-22(30)15-29-21-10-6-5-9-20(21)28-24(29)32)17-11-13-19(14-12-17)27-23(31)26-18-7-3-2-4-8-18/h2-14,16H,15H2,1H3,(H,25,30)(H,28,32)(H2,26,27,31). The van der Waals surface area contributed by atoms with E-state index in [9.17, 15) is 14.4 Å². The third kappa shape index (κ3) is 4.86. The molecular weight excluding hydrogens is 406 g/mol. The van der Waals surface area contributed by atoms with E-state index >= 15 is 0 Å². The lowest BCUT2D eigenvalue weighted by Crippen LogP contribution is -2.33. The first-order valence-electron chi connectivity index (χ1n) is 10.2. The number of nitrogens with one attached hydrogen (secondary N) is 4. The molecule has 8 nitrogen and oxygen atoms in total. The number of rotatable bonds is 6. The molecule has 0 aliphatic rings. The summed E-state index contributed by atoms with van der Waals surface area (Å²) in [6, 6.07) is 23.0. The van der Waals surface area contributed by atoms with Gasteiger partial charge in [0.25, 0.3) is 0 Å². The van der Waals surface area contributed by atoms with Gasteiger partial charge >= 0.3 is 11.7 Å².